The average Bonchev–Trinajstić information content (AvgIpc) is 3.35. The lowest BCUT2D eigenvalue weighted by molar-refractivity contribution is -0.116. The molecule has 1 amide bonds. The van der Waals surface area contributed by atoms with Crippen LogP contribution in [0.4, 0.5) is 0 Å². The van der Waals surface area contributed by atoms with Crippen molar-refractivity contribution in [2.75, 3.05) is 26.7 Å². The minimum atomic E-state index is -0.434. The van der Waals surface area contributed by atoms with Gasteiger partial charge in [-0.15, -0.1) is 0 Å². The Hall–Kier alpha value is -4.03. The maximum Gasteiger partial charge on any atom is 0.244 e. The van der Waals surface area contributed by atoms with Crippen LogP contribution in [0, 0.1) is 12.8 Å². The molecule has 218 valence electrons. The normalized spacial score (nSPS) is 17.0. The molecular weight excluding hydrogens is 522 g/mol. The van der Waals surface area contributed by atoms with Gasteiger partial charge in [0.05, 0.1) is 12.6 Å². The summed E-state index contributed by atoms with van der Waals surface area (Å²) in [5, 5.41) is 5.27. The number of fused-ring (bicyclic) bond motifs is 5. The molecule has 1 saturated heterocycles. The molecule has 4 aromatic rings. The van der Waals surface area contributed by atoms with E-state index in [4.69, 9.17) is 9.47 Å². The summed E-state index contributed by atoms with van der Waals surface area (Å²) < 4.78 is 11.9. The summed E-state index contributed by atoms with van der Waals surface area (Å²) in [6.07, 6.45) is 11.1. The fraction of sp³-hybridized carbons (Fsp3) is 0.361. The van der Waals surface area contributed by atoms with Crippen LogP contribution in [-0.4, -0.2) is 48.1 Å². The van der Waals surface area contributed by atoms with Crippen molar-refractivity contribution in [1.82, 2.24) is 15.2 Å². The van der Waals surface area contributed by atoms with Crippen LogP contribution < -0.4 is 14.8 Å². The Labute approximate surface area is 248 Å². The van der Waals surface area contributed by atoms with Gasteiger partial charge in [-0.05, 0) is 113 Å². The van der Waals surface area contributed by atoms with Crippen LogP contribution in [0.5, 0.6) is 11.5 Å². The number of nitrogens with zero attached hydrogens (tertiary/aromatic N) is 1. The summed E-state index contributed by atoms with van der Waals surface area (Å²) in [4.78, 5) is 19.0. The number of amides is 1. The van der Waals surface area contributed by atoms with E-state index in [0.717, 1.165) is 70.5 Å². The van der Waals surface area contributed by atoms with Crippen molar-refractivity contribution in [2.45, 2.75) is 52.2 Å². The Kier molecular flexibility index (Phi) is 7.82. The molecule has 42 heavy (non-hydrogen) atoms. The van der Waals surface area contributed by atoms with E-state index in [2.05, 4.69) is 64.6 Å². The highest BCUT2D eigenvalue weighted by Crippen LogP contribution is 2.42. The largest absolute Gasteiger partial charge is 0.497 e. The molecule has 6 heteroatoms. The number of rotatable bonds is 8. The summed E-state index contributed by atoms with van der Waals surface area (Å²) in [5.41, 5.74) is 6.29. The van der Waals surface area contributed by atoms with E-state index in [1.54, 1.807) is 13.2 Å². The maximum absolute atomic E-state index is 12.9. The summed E-state index contributed by atoms with van der Waals surface area (Å²) in [6, 6.07) is 16.8. The van der Waals surface area contributed by atoms with Gasteiger partial charge in [0.15, 0.2) is 0 Å². The predicted molar refractivity (Wildman–Crippen MR) is 172 cm³/mol. The first-order valence-corrected chi connectivity index (χ1v) is 15.1. The van der Waals surface area contributed by atoms with Crippen molar-refractivity contribution in [3.63, 3.8) is 0 Å². The van der Waals surface area contributed by atoms with Crippen molar-refractivity contribution in [3.05, 3.63) is 82.9 Å². The van der Waals surface area contributed by atoms with Crippen LogP contribution in [0.2, 0.25) is 0 Å². The third-order valence-electron chi connectivity index (χ3n) is 8.77. The van der Waals surface area contributed by atoms with Gasteiger partial charge in [0.25, 0.3) is 0 Å². The van der Waals surface area contributed by atoms with Gasteiger partial charge in [-0.25, -0.2) is 0 Å². The van der Waals surface area contributed by atoms with Crippen LogP contribution >= 0.6 is 0 Å². The molecule has 6 rings (SSSR count). The Morgan fingerprint density at radius 3 is 2.74 bits per heavy atom. The smallest absolute Gasteiger partial charge is 0.244 e. The molecule has 1 aromatic heterocycles. The Morgan fingerprint density at radius 2 is 1.95 bits per heavy atom. The molecule has 2 aliphatic rings. The van der Waals surface area contributed by atoms with E-state index in [1.807, 2.05) is 38.1 Å². The number of H-pyrrole nitrogens is 1. The molecule has 0 atom stereocenters. The maximum atomic E-state index is 12.9. The van der Waals surface area contributed by atoms with Crippen molar-refractivity contribution < 1.29 is 14.3 Å². The minimum absolute atomic E-state index is 0.0768. The molecule has 3 heterocycles. The number of hydrogen-bond donors (Lipinski definition) is 2. The number of methoxy groups -OCH3 is 1. The van der Waals surface area contributed by atoms with E-state index < -0.39 is 5.60 Å². The lowest BCUT2D eigenvalue weighted by Gasteiger charge is -2.32. The van der Waals surface area contributed by atoms with E-state index in [9.17, 15) is 4.79 Å². The third kappa shape index (κ3) is 5.95. The molecule has 2 N–H and O–H groups in total. The lowest BCUT2D eigenvalue weighted by Crippen LogP contribution is -2.34. The number of piperidine rings is 1. The highest BCUT2D eigenvalue weighted by molar-refractivity contribution is 6.12. The lowest BCUT2D eigenvalue weighted by atomic mass is 9.93. The van der Waals surface area contributed by atoms with Crippen molar-refractivity contribution in [2.24, 2.45) is 5.92 Å². The highest BCUT2D eigenvalue weighted by Gasteiger charge is 2.26. The zero-order valence-corrected chi connectivity index (χ0v) is 25.1. The molecule has 0 radical (unpaired) electrons. The topological polar surface area (TPSA) is 66.6 Å². The van der Waals surface area contributed by atoms with Gasteiger partial charge in [0.2, 0.25) is 5.91 Å². The molecule has 3 aromatic carbocycles. The number of nitrogens with one attached hydrogen (secondary N) is 2. The molecular formula is C36H41N3O3. The van der Waals surface area contributed by atoms with Crippen LogP contribution in [0.25, 0.3) is 34.0 Å². The Balaban J connectivity index is 1.10. The Bertz CT molecular complexity index is 1670. The number of aromatic amines is 1. The Morgan fingerprint density at radius 1 is 1.14 bits per heavy atom. The van der Waals surface area contributed by atoms with Crippen LogP contribution in [0.15, 0.2) is 60.7 Å². The van der Waals surface area contributed by atoms with Gasteiger partial charge in [0, 0.05) is 46.6 Å². The van der Waals surface area contributed by atoms with Gasteiger partial charge < -0.3 is 19.8 Å². The second-order valence-corrected chi connectivity index (χ2v) is 12.3. The number of carbonyl (C=O) groups is 1. The predicted octanol–water partition coefficient (Wildman–Crippen LogP) is 7.25. The fourth-order valence-corrected chi connectivity index (χ4v) is 6.23. The van der Waals surface area contributed by atoms with Crippen molar-refractivity contribution in [1.29, 1.82) is 0 Å². The number of hydrogen-bond acceptors (Lipinski definition) is 4. The molecule has 1 fully saturated rings. The standard InChI is InChI=1S/C36H41N3O3/c1-24-7-5-6-8-27(24)23-39-19-15-25(16-20-39)14-18-37-33(40)12-9-26-21-31-30-22-28(41-4)10-11-32(30)38-34(31)29-13-17-36(2,3)42-35(26)29/h5-13,17,21-22,25,38H,14-16,18-20,23H2,1-4H3,(H,37,40)/b12-9+. The average molecular weight is 564 g/mol. The number of likely N-dealkylation sites (tertiary alicyclic amines) is 1. The molecule has 0 bridgehead atoms. The summed E-state index contributed by atoms with van der Waals surface area (Å²) in [7, 11) is 1.68. The number of aromatic nitrogens is 1. The number of aryl methyl sites for hydroxylation is 1. The van der Waals surface area contributed by atoms with E-state index >= 15 is 0 Å². The molecule has 0 aliphatic carbocycles. The van der Waals surface area contributed by atoms with E-state index in [-0.39, 0.29) is 5.91 Å². The first kappa shape index (κ1) is 28.1. The summed E-state index contributed by atoms with van der Waals surface area (Å²) >= 11 is 0. The van der Waals surface area contributed by atoms with Gasteiger partial charge in [-0.3, -0.25) is 9.69 Å². The van der Waals surface area contributed by atoms with Gasteiger partial charge in [0.1, 0.15) is 17.1 Å². The minimum Gasteiger partial charge on any atom is -0.497 e. The van der Waals surface area contributed by atoms with Crippen molar-refractivity contribution >= 4 is 39.9 Å². The third-order valence-corrected chi connectivity index (χ3v) is 8.77. The van der Waals surface area contributed by atoms with Crippen LogP contribution in [0.3, 0.4) is 0 Å². The van der Waals surface area contributed by atoms with Gasteiger partial charge in [-0.1, -0.05) is 24.3 Å². The first-order chi connectivity index (χ1) is 20.3. The van der Waals surface area contributed by atoms with E-state index in [1.165, 1.54) is 24.0 Å². The molecule has 6 nitrogen and oxygen atoms in total. The molecule has 0 saturated carbocycles. The first-order valence-electron chi connectivity index (χ1n) is 15.1. The quantitative estimate of drug-likeness (QED) is 0.222. The zero-order chi connectivity index (χ0) is 29.3. The zero-order valence-electron chi connectivity index (χ0n) is 25.1. The van der Waals surface area contributed by atoms with Gasteiger partial charge >= 0.3 is 0 Å². The molecule has 0 spiro atoms. The SMILES string of the molecule is COc1ccc2[nH]c3c4c(c(/C=C/C(=O)NCCC5CCN(Cc6ccccc6C)CC5)cc3c2c1)OC(C)(C)C=C4. The number of ether oxygens (including phenoxy) is 2. The summed E-state index contributed by atoms with van der Waals surface area (Å²) in [5.74, 6) is 2.17. The second kappa shape index (κ2) is 11.7. The van der Waals surface area contributed by atoms with E-state index in [0.29, 0.717) is 12.5 Å². The second-order valence-electron chi connectivity index (χ2n) is 12.3. The summed E-state index contributed by atoms with van der Waals surface area (Å²) in [6.45, 7) is 10.2. The molecule has 2 aliphatic heterocycles. The fourth-order valence-electron chi connectivity index (χ4n) is 6.23. The molecule has 0 unspecified atom stereocenters. The number of benzene rings is 3. The monoisotopic (exact) mass is 563 g/mol. The van der Waals surface area contributed by atoms with Crippen LogP contribution in [-0.2, 0) is 11.3 Å². The van der Waals surface area contributed by atoms with Crippen molar-refractivity contribution in [3.8, 4) is 11.5 Å². The number of carbonyl (C=O) groups excluding carboxylic acids is 1. The van der Waals surface area contributed by atoms with Crippen LogP contribution in [0.1, 0.15) is 55.4 Å². The van der Waals surface area contributed by atoms with Gasteiger partial charge in [-0.2, -0.15) is 0 Å². The highest BCUT2D eigenvalue weighted by atomic mass is 16.5.